The lowest BCUT2D eigenvalue weighted by Crippen LogP contribution is -2.16. The Morgan fingerprint density at radius 2 is 1.48 bits per heavy atom. The van der Waals surface area contributed by atoms with E-state index in [2.05, 4.69) is 0 Å². The van der Waals surface area contributed by atoms with Crippen molar-refractivity contribution in [1.29, 1.82) is 0 Å². The van der Waals surface area contributed by atoms with E-state index in [-0.39, 0.29) is 12.4 Å². The van der Waals surface area contributed by atoms with Gasteiger partial charge >= 0.3 is 12.4 Å². The van der Waals surface area contributed by atoms with Crippen LogP contribution >= 0.6 is 23.2 Å². The molecule has 1 aromatic rings. The molecule has 128 valence electrons. The van der Waals surface area contributed by atoms with Crippen LogP contribution < -0.4 is 0 Å². The third-order valence-corrected chi connectivity index (χ3v) is 4.97. The molecule has 1 aromatic carbocycles. The summed E-state index contributed by atoms with van der Waals surface area (Å²) in [6, 6.07) is 0.845. The van der Waals surface area contributed by atoms with E-state index in [1.54, 1.807) is 0 Å². The van der Waals surface area contributed by atoms with Crippen molar-refractivity contribution in [2.24, 2.45) is 5.41 Å². The summed E-state index contributed by atoms with van der Waals surface area (Å²) < 4.78 is 74.9. The first-order chi connectivity index (χ1) is 10.3. The third-order valence-electron chi connectivity index (χ3n) is 3.83. The van der Waals surface area contributed by atoms with Crippen LogP contribution in [-0.2, 0) is 17.1 Å². The van der Waals surface area contributed by atoms with Crippen molar-refractivity contribution in [1.82, 2.24) is 0 Å². The minimum Gasteiger partial charge on any atom is -0.395 e. The van der Waals surface area contributed by atoms with E-state index in [0.717, 1.165) is 0 Å². The van der Waals surface area contributed by atoms with Gasteiger partial charge in [0.15, 0.2) is 0 Å². The summed E-state index contributed by atoms with van der Waals surface area (Å²) in [7, 11) is 0. The summed E-state index contributed by atoms with van der Waals surface area (Å²) in [5, 5.41) is 9.24. The van der Waals surface area contributed by atoms with Crippen LogP contribution in [0.5, 0.6) is 0 Å². The molecule has 0 aliphatic heterocycles. The molecule has 1 aliphatic rings. The van der Waals surface area contributed by atoms with E-state index in [1.165, 1.54) is 0 Å². The molecule has 0 radical (unpaired) electrons. The van der Waals surface area contributed by atoms with Crippen molar-refractivity contribution in [3.05, 3.63) is 34.9 Å². The van der Waals surface area contributed by atoms with Gasteiger partial charge in [-0.3, -0.25) is 0 Å². The van der Waals surface area contributed by atoms with Crippen molar-refractivity contribution in [2.75, 3.05) is 6.61 Å². The summed E-state index contributed by atoms with van der Waals surface area (Å²) >= 11 is 11.6. The maximum absolute atomic E-state index is 12.8. The average molecular weight is 381 g/mol. The van der Waals surface area contributed by atoms with Gasteiger partial charge in [-0.1, -0.05) is 23.2 Å². The van der Waals surface area contributed by atoms with Crippen molar-refractivity contribution in [3.8, 4) is 0 Å². The molecule has 1 aliphatic carbocycles. The van der Waals surface area contributed by atoms with Gasteiger partial charge < -0.3 is 9.90 Å². The Balaban J connectivity index is 2.63. The number of alkyl halides is 8. The van der Waals surface area contributed by atoms with E-state index in [1.807, 2.05) is 0 Å². The summed E-state index contributed by atoms with van der Waals surface area (Å²) in [6.07, 6.45) is -9.92. The van der Waals surface area contributed by atoms with Crippen LogP contribution in [0, 0.1) is 5.41 Å². The first-order valence-corrected chi connectivity index (χ1v) is 6.81. The fourth-order valence-electron chi connectivity index (χ4n) is 2.51. The molecule has 2 rings (SSSR count). The summed E-state index contributed by atoms with van der Waals surface area (Å²) in [5.74, 6) is -1.38. The predicted octanol–water partition coefficient (Wildman–Crippen LogP) is 4.17. The highest BCUT2D eigenvalue weighted by atomic mass is 35.5. The molecule has 2 unspecified atom stereocenters. The number of halogens is 8. The van der Waals surface area contributed by atoms with E-state index in [0.29, 0.717) is 12.1 Å². The number of hydrogen-bond acceptors (Lipinski definition) is 2. The summed E-state index contributed by atoms with van der Waals surface area (Å²) in [6.45, 7) is -0.911. The maximum atomic E-state index is 12.8. The van der Waals surface area contributed by atoms with Gasteiger partial charge in [-0.25, -0.2) is 0 Å². The van der Waals surface area contributed by atoms with E-state index in [4.69, 9.17) is 23.2 Å². The van der Waals surface area contributed by atoms with Crippen LogP contribution in [-0.4, -0.2) is 22.3 Å². The van der Waals surface area contributed by atoms with Gasteiger partial charge in [-0.15, -0.1) is 0 Å². The third kappa shape index (κ3) is 2.81. The minimum atomic E-state index is -5.03. The molecule has 2 nitrogen and oxygen atoms in total. The van der Waals surface area contributed by atoms with Crippen molar-refractivity contribution in [3.63, 3.8) is 0 Å². The maximum Gasteiger partial charge on any atom is 0.416 e. The Bertz CT molecular complexity index is 608. The smallest absolute Gasteiger partial charge is 0.395 e. The Hall–Kier alpha value is -0.990. The van der Waals surface area contributed by atoms with Gasteiger partial charge in [-0.2, -0.15) is 26.3 Å². The number of aliphatic hydroxyl groups is 1. The molecule has 1 fully saturated rings. The first-order valence-electron chi connectivity index (χ1n) is 6.05. The fourth-order valence-corrected chi connectivity index (χ4v) is 3.47. The molecular formula is C13H8Cl2F6O2. The zero-order valence-electron chi connectivity index (χ0n) is 11.0. The quantitative estimate of drug-likeness (QED) is 0.485. The molecule has 2 atom stereocenters. The highest BCUT2D eigenvalue weighted by Gasteiger charge is 2.76. The largest absolute Gasteiger partial charge is 0.416 e. The molecule has 0 aromatic heterocycles. The van der Waals surface area contributed by atoms with Crippen molar-refractivity contribution < 1.29 is 36.2 Å². The second-order valence-corrected chi connectivity index (χ2v) is 6.60. The summed E-state index contributed by atoms with van der Waals surface area (Å²) in [4.78, 5) is 11.1. The number of aldehydes is 1. The van der Waals surface area contributed by atoms with Gasteiger partial charge in [0, 0.05) is 5.92 Å². The van der Waals surface area contributed by atoms with Gasteiger partial charge in [0.05, 0.1) is 23.1 Å². The minimum absolute atomic E-state index is 0.0441. The van der Waals surface area contributed by atoms with Gasteiger partial charge in [0.1, 0.15) is 10.6 Å². The van der Waals surface area contributed by atoms with Crippen molar-refractivity contribution >= 4 is 29.5 Å². The van der Waals surface area contributed by atoms with E-state index in [9.17, 15) is 36.2 Å². The van der Waals surface area contributed by atoms with Crippen LogP contribution in [0.15, 0.2) is 18.2 Å². The number of aliphatic hydroxyl groups excluding tert-OH is 1. The van der Waals surface area contributed by atoms with Crippen LogP contribution in [0.1, 0.15) is 22.6 Å². The molecule has 0 heterocycles. The van der Waals surface area contributed by atoms with Gasteiger partial charge in [0.2, 0.25) is 0 Å². The molecule has 1 saturated carbocycles. The first kappa shape index (κ1) is 18.4. The Morgan fingerprint density at radius 3 is 1.74 bits per heavy atom. The number of rotatable bonds is 3. The molecule has 0 amide bonds. The van der Waals surface area contributed by atoms with Gasteiger partial charge in [-0.05, 0) is 23.8 Å². The Labute approximate surface area is 136 Å². The summed E-state index contributed by atoms with van der Waals surface area (Å²) in [5.41, 5.74) is -5.45. The predicted molar refractivity (Wildman–Crippen MR) is 69.2 cm³/mol. The monoisotopic (exact) mass is 380 g/mol. The van der Waals surface area contributed by atoms with Crippen LogP contribution in [0.4, 0.5) is 26.3 Å². The van der Waals surface area contributed by atoms with E-state index < -0.39 is 51.3 Å². The zero-order valence-corrected chi connectivity index (χ0v) is 12.5. The average Bonchev–Trinajstić information content (AvgIpc) is 2.92. The highest BCUT2D eigenvalue weighted by molar-refractivity contribution is 6.54. The lowest BCUT2D eigenvalue weighted by Gasteiger charge is -2.14. The lowest BCUT2D eigenvalue weighted by molar-refractivity contribution is -0.143. The normalized spacial score (nSPS) is 26.9. The van der Waals surface area contributed by atoms with Gasteiger partial charge in [0.25, 0.3) is 0 Å². The second kappa shape index (κ2) is 5.26. The second-order valence-electron chi connectivity index (χ2n) is 5.21. The standard InChI is InChI=1S/C13H8Cl2F6O2/c14-11(15)9(10(11,4-22)5-23)6-1-7(12(16,17)18)3-8(2-6)13(19,20)21/h1-4,9,23H,5H2. The SMILES string of the molecule is O=CC1(CO)C(c2cc(C(F)(F)F)cc(C(F)(F)F)c2)C1(Cl)Cl. The molecule has 23 heavy (non-hydrogen) atoms. The van der Waals surface area contributed by atoms with Crippen molar-refractivity contribution in [2.45, 2.75) is 22.6 Å². The van der Waals surface area contributed by atoms with Crippen LogP contribution in [0.25, 0.3) is 0 Å². The Morgan fingerprint density at radius 1 is 1.04 bits per heavy atom. The molecule has 0 saturated heterocycles. The molecular weight excluding hydrogens is 373 g/mol. The molecule has 1 N–H and O–H groups in total. The zero-order chi connectivity index (χ0) is 17.8. The van der Waals surface area contributed by atoms with Crippen LogP contribution in [0.3, 0.4) is 0 Å². The highest BCUT2D eigenvalue weighted by Crippen LogP contribution is 2.73. The number of benzene rings is 1. The fraction of sp³-hybridized carbons (Fsp3) is 0.462. The number of carbonyl (C=O) groups excluding carboxylic acids is 1. The van der Waals surface area contributed by atoms with E-state index >= 15 is 0 Å². The molecule has 0 spiro atoms. The lowest BCUT2D eigenvalue weighted by atomic mass is 9.97. The Kier molecular flexibility index (Phi) is 4.19. The number of hydrogen-bond donors (Lipinski definition) is 1. The molecule has 10 heteroatoms. The number of carbonyl (C=O) groups is 1. The topological polar surface area (TPSA) is 37.3 Å². The van der Waals surface area contributed by atoms with Crippen LogP contribution in [0.2, 0.25) is 0 Å². The molecule has 0 bridgehead atoms.